The van der Waals surface area contributed by atoms with Crippen LogP contribution >= 0.6 is 23.2 Å². The van der Waals surface area contributed by atoms with Gasteiger partial charge in [0.1, 0.15) is 4.90 Å². The third-order valence-corrected chi connectivity index (χ3v) is 6.39. The van der Waals surface area contributed by atoms with Crippen LogP contribution in [0.4, 0.5) is 0 Å². The summed E-state index contributed by atoms with van der Waals surface area (Å²) in [5, 5.41) is 1.60. The molecule has 0 amide bonds. The van der Waals surface area contributed by atoms with E-state index >= 15 is 0 Å². The van der Waals surface area contributed by atoms with Gasteiger partial charge in [0.15, 0.2) is 0 Å². The van der Waals surface area contributed by atoms with Crippen LogP contribution in [0.25, 0.3) is 10.9 Å². The number of H-pyrrole nitrogens is 1. The van der Waals surface area contributed by atoms with E-state index < -0.39 is 10.0 Å². The molecule has 0 radical (unpaired) electrons. The molecule has 2 aromatic carbocycles. The molecule has 0 aliphatic carbocycles. The van der Waals surface area contributed by atoms with Crippen molar-refractivity contribution in [3.63, 3.8) is 0 Å². The molecule has 3 rings (SSSR count). The summed E-state index contributed by atoms with van der Waals surface area (Å²) in [6.45, 7) is 4.32. The fourth-order valence-corrected chi connectivity index (χ4v) is 4.74. The van der Waals surface area contributed by atoms with E-state index in [0.717, 1.165) is 27.7 Å². The number of nitrogens with one attached hydrogen (secondary N) is 2. The number of aromatic amines is 1. The van der Waals surface area contributed by atoms with Gasteiger partial charge in [-0.1, -0.05) is 41.4 Å². The summed E-state index contributed by atoms with van der Waals surface area (Å²) >= 11 is 11.9. The van der Waals surface area contributed by atoms with Crippen LogP contribution < -0.4 is 4.72 Å². The van der Waals surface area contributed by atoms with Gasteiger partial charge in [0, 0.05) is 28.2 Å². The summed E-state index contributed by atoms with van der Waals surface area (Å²) in [6.07, 6.45) is 0.576. The molecule has 0 bridgehead atoms. The zero-order valence-electron chi connectivity index (χ0n) is 13.9. The standard InChI is InChI=1S/C18H18Cl2N2O2S/c1-11-4-3-5-15-14(12(2)22-18(11)15)8-9-21-25(23,24)17-10-13(19)6-7-16(17)20/h3-7,10,21-22H,8-9H2,1-2H3. The molecule has 4 nitrogen and oxygen atoms in total. The molecule has 0 aliphatic rings. The van der Waals surface area contributed by atoms with Gasteiger partial charge in [-0.15, -0.1) is 0 Å². The summed E-state index contributed by atoms with van der Waals surface area (Å²) in [4.78, 5) is 3.37. The maximum absolute atomic E-state index is 12.5. The topological polar surface area (TPSA) is 62.0 Å². The molecule has 0 saturated heterocycles. The summed E-state index contributed by atoms with van der Waals surface area (Å²) < 4.78 is 27.6. The molecular weight excluding hydrogens is 379 g/mol. The van der Waals surface area contributed by atoms with Gasteiger partial charge in [-0.3, -0.25) is 0 Å². The van der Waals surface area contributed by atoms with Crippen molar-refractivity contribution < 1.29 is 8.42 Å². The Morgan fingerprint density at radius 2 is 1.88 bits per heavy atom. The van der Waals surface area contributed by atoms with E-state index in [-0.39, 0.29) is 16.5 Å². The minimum Gasteiger partial charge on any atom is -0.358 e. The van der Waals surface area contributed by atoms with E-state index in [2.05, 4.69) is 9.71 Å². The van der Waals surface area contributed by atoms with Gasteiger partial charge in [0.05, 0.1) is 5.02 Å². The monoisotopic (exact) mass is 396 g/mol. The molecular formula is C18H18Cl2N2O2S. The average Bonchev–Trinajstić information content (AvgIpc) is 2.87. The first-order valence-electron chi connectivity index (χ1n) is 7.81. The average molecular weight is 397 g/mol. The Morgan fingerprint density at radius 1 is 1.12 bits per heavy atom. The van der Waals surface area contributed by atoms with Crippen LogP contribution in [0.15, 0.2) is 41.3 Å². The van der Waals surface area contributed by atoms with Crippen LogP contribution in [-0.2, 0) is 16.4 Å². The van der Waals surface area contributed by atoms with Gasteiger partial charge >= 0.3 is 0 Å². The van der Waals surface area contributed by atoms with E-state index in [1.165, 1.54) is 12.1 Å². The molecule has 0 spiro atoms. The predicted octanol–water partition coefficient (Wildman–Crippen LogP) is 4.61. The van der Waals surface area contributed by atoms with Gasteiger partial charge < -0.3 is 4.98 Å². The first-order valence-corrected chi connectivity index (χ1v) is 10.0. The highest BCUT2D eigenvalue weighted by Gasteiger charge is 2.18. The van der Waals surface area contributed by atoms with Crippen LogP contribution in [0.1, 0.15) is 16.8 Å². The maximum atomic E-state index is 12.5. The smallest absolute Gasteiger partial charge is 0.242 e. The highest BCUT2D eigenvalue weighted by Crippen LogP contribution is 2.26. The summed E-state index contributed by atoms with van der Waals surface area (Å²) in [5.74, 6) is 0. The Bertz CT molecular complexity index is 1040. The highest BCUT2D eigenvalue weighted by atomic mass is 35.5. The predicted molar refractivity (Wildman–Crippen MR) is 103 cm³/mol. The molecule has 1 heterocycles. The molecule has 0 unspecified atom stereocenters. The first kappa shape index (κ1) is 18.3. The number of benzene rings is 2. The number of rotatable bonds is 5. The van der Waals surface area contributed by atoms with Gasteiger partial charge in [0.25, 0.3) is 0 Å². The van der Waals surface area contributed by atoms with Crippen molar-refractivity contribution in [2.75, 3.05) is 6.54 Å². The molecule has 0 aliphatic heterocycles. The quantitative estimate of drug-likeness (QED) is 0.660. The van der Waals surface area contributed by atoms with E-state index in [1.807, 2.05) is 32.0 Å². The van der Waals surface area contributed by atoms with Gasteiger partial charge in [-0.2, -0.15) is 0 Å². The van der Waals surface area contributed by atoms with Crippen LogP contribution in [-0.4, -0.2) is 19.9 Å². The van der Waals surface area contributed by atoms with Gasteiger partial charge in [-0.05, 0) is 49.6 Å². The summed E-state index contributed by atoms with van der Waals surface area (Å²) in [6, 6.07) is 10.5. The number of fused-ring (bicyclic) bond motifs is 1. The van der Waals surface area contributed by atoms with Crippen molar-refractivity contribution in [1.82, 2.24) is 9.71 Å². The molecule has 25 heavy (non-hydrogen) atoms. The van der Waals surface area contributed by atoms with Crippen molar-refractivity contribution in [2.24, 2.45) is 0 Å². The number of hydrogen-bond donors (Lipinski definition) is 2. The number of halogens is 2. The Balaban J connectivity index is 1.80. The first-order chi connectivity index (χ1) is 11.8. The van der Waals surface area contributed by atoms with E-state index in [1.54, 1.807) is 6.07 Å². The molecule has 0 fully saturated rings. The molecule has 0 atom stereocenters. The zero-order valence-corrected chi connectivity index (χ0v) is 16.2. The van der Waals surface area contributed by atoms with Crippen molar-refractivity contribution in [1.29, 1.82) is 0 Å². The maximum Gasteiger partial charge on any atom is 0.242 e. The Labute approximate surface area is 157 Å². The molecule has 132 valence electrons. The van der Waals surface area contributed by atoms with Crippen LogP contribution in [0, 0.1) is 13.8 Å². The SMILES string of the molecule is Cc1[nH]c2c(C)cccc2c1CCNS(=O)(=O)c1cc(Cl)ccc1Cl. The number of para-hydroxylation sites is 1. The lowest BCUT2D eigenvalue weighted by atomic mass is 10.1. The Hall–Kier alpha value is -1.53. The minimum absolute atomic E-state index is 0.00633. The van der Waals surface area contributed by atoms with Crippen LogP contribution in [0.5, 0.6) is 0 Å². The third-order valence-electron chi connectivity index (χ3n) is 4.21. The number of aryl methyl sites for hydroxylation is 2. The van der Waals surface area contributed by atoms with Crippen molar-refractivity contribution in [3.05, 3.63) is 63.3 Å². The molecule has 0 saturated carbocycles. The fraction of sp³-hybridized carbons (Fsp3) is 0.222. The molecule has 2 N–H and O–H groups in total. The lowest BCUT2D eigenvalue weighted by molar-refractivity contribution is 0.581. The lowest BCUT2D eigenvalue weighted by Crippen LogP contribution is -2.26. The van der Waals surface area contributed by atoms with Crippen molar-refractivity contribution >= 4 is 44.1 Å². The van der Waals surface area contributed by atoms with Crippen molar-refractivity contribution in [3.8, 4) is 0 Å². The number of sulfonamides is 1. The van der Waals surface area contributed by atoms with Crippen LogP contribution in [0.3, 0.4) is 0 Å². The summed E-state index contributed by atoms with van der Waals surface area (Å²) in [7, 11) is -3.72. The van der Waals surface area contributed by atoms with E-state index in [4.69, 9.17) is 23.2 Å². The lowest BCUT2D eigenvalue weighted by Gasteiger charge is -2.09. The Kier molecular flexibility index (Phi) is 5.11. The third kappa shape index (κ3) is 3.70. The van der Waals surface area contributed by atoms with Gasteiger partial charge in [0.2, 0.25) is 10.0 Å². The molecule has 7 heteroatoms. The molecule has 1 aromatic heterocycles. The second-order valence-corrected chi connectivity index (χ2v) is 8.53. The molecule has 3 aromatic rings. The fourth-order valence-electron chi connectivity index (χ4n) is 2.94. The zero-order chi connectivity index (χ0) is 18.2. The highest BCUT2D eigenvalue weighted by molar-refractivity contribution is 7.89. The van der Waals surface area contributed by atoms with Crippen molar-refractivity contribution in [2.45, 2.75) is 25.2 Å². The number of aromatic nitrogens is 1. The van der Waals surface area contributed by atoms with Gasteiger partial charge in [-0.25, -0.2) is 13.1 Å². The number of hydrogen-bond acceptors (Lipinski definition) is 2. The largest absolute Gasteiger partial charge is 0.358 e. The van der Waals surface area contributed by atoms with E-state index in [0.29, 0.717) is 11.4 Å². The summed E-state index contributed by atoms with van der Waals surface area (Å²) in [5.41, 5.74) is 4.41. The van der Waals surface area contributed by atoms with E-state index in [9.17, 15) is 8.42 Å². The minimum atomic E-state index is -3.72. The second-order valence-electron chi connectivity index (χ2n) is 5.95. The second kappa shape index (κ2) is 7.00. The normalized spacial score (nSPS) is 12.0. The van der Waals surface area contributed by atoms with Crippen LogP contribution in [0.2, 0.25) is 10.0 Å². The Morgan fingerprint density at radius 3 is 2.64 bits per heavy atom.